The van der Waals surface area contributed by atoms with Crippen molar-refractivity contribution in [2.24, 2.45) is 23.7 Å². The zero-order valence-electron chi connectivity index (χ0n) is 40.7. The van der Waals surface area contributed by atoms with Crippen LogP contribution in [0.4, 0.5) is 4.79 Å². The summed E-state index contributed by atoms with van der Waals surface area (Å²) in [4.78, 5) is 108. The van der Waals surface area contributed by atoms with Gasteiger partial charge < -0.3 is 51.4 Å². The summed E-state index contributed by atoms with van der Waals surface area (Å²) < 4.78 is 11.3. The van der Waals surface area contributed by atoms with Crippen LogP contribution in [0.15, 0.2) is 0 Å². The van der Waals surface area contributed by atoms with Gasteiger partial charge in [0.1, 0.15) is 41.9 Å². The molecule has 7 amide bonds. The average Bonchev–Trinajstić information content (AvgIpc) is 3.63. The third-order valence-corrected chi connectivity index (χ3v) is 10.3. The molecule has 0 aromatic carbocycles. The maximum absolute atomic E-state index is 14.2. The van der Waals surface area contributed by atoms with Crippen LogP contribution in [0.25, 0.3) is 0 Å². The Labute approximate surface area is 375 Å². The summed E-state index contributed by atoms with van der Waals surface area (Å²) in [5.74, 6) is -5.54. The highest BCUT2D eigenvalue weighted by Crippen LogP contribution is 2.22. The van der Waals surface area contributed by atoms with Gasteiger partial charge in [0.2, 0.25) is 35.4 Å². The highest BCUT2D eigenvalue weighted by molar-refractivity contribution is 5.97. The minimum Gasteiger partial charge on any atom is -0.480 e. The Morgan fingerprint density at radius 1 is 0.651 bits per heavy atom. The van der Waals surface area contributed by atoms with Gasteiger partial charge in [-0.05, 0) is 104 Å². The maximum atomic E-state index is 14.2. The van der Waals surface area contributed by atoms with Crippen LogP contribution in [0.2, 0.25) is 0 Å². The molecule has 1 aliphatic heterocycles. The molecule has 1 heterocycles. The molecule has 7 N–H and O–H groups in total. The number of hydrogen-bond acceptors (Lipinski definition) is 10. The first kappa shape index (κ1) is 56.5. The molecule has 0 aliphatic carbocycles. The van der Waals surface area contributed by atoms with Crippen molar-refractivity contribution in [1.82, 2.24) is 36.8 Å². The lowest BCUT2D eigenvalue weighted by Gasteiger charge is -2.34. The van der Waals surface area contributed by atoms with Gasteiger partial charge in [0.05, 0.1) is 11.7 Å². The summed E-state index contributed by atoms with van der Waals surface area (Å²) in [5.41, 5.74) is -1.42. The van der Waals surface area contributed by atoms with Gasteiger partial charge in [0.15, 0.2) is 0 Å². The van der Waals surface area contributed by atoms with E-state index in [-0.39, 0.29) is 50.6 Å². The zero-order chi connectivity index (χ0) is 48.6. The van der Waals surface area contributed by atoms with Gasteiger partial charge in [0, 0.05) is 19.5 Å². The molecule has 0 saturated carbocycles. The van der Waals surface area contributed by atoms with E-state index in [0.717, 1.165) is 6.42 Å². The van der Waals surface area contributed by atoms with Gasteiger partial charge in [-0.15, -0.1) is 0 Å². The smallest absolute Gasteiger partial charge is 0.407 e. The van der Waals surface area contributed by atoms with Crippen LogP contribution in [0, 0.1) is 23.7 Å². The van der Waals surface area contributed by atoms with Gasteiger partial charge in [-0.1, -0.05) is 61.8 Å². The van der Waals surface area contributed by atoms with Crippen molar-refractivity contribution < 1.29 is 52.9 Å². The number of nitrogens with zero attached hydrogens (tertiary/aromatic N) is 1. The second-order valence-electron chi connectivity index (χ2n) is 20.1. The first-order chi connectivity index (χ1) is 28.9. The summed E-state index contributed by atoms with van der Waals surface area (Å²) in [6.07, 6.45) is 1.22. The Morgan fingerprint density at radius 2 is 1.16 bits per heavy atom. The van der Waals surface area contributed by atoms with E-state index in [4.69, 9.17) is 9.47 Å². The Morgan fingerprint density at radius 3 is 1.65 bits per heavy atom. The second-order valence-corrected chi connectivity index (χ2v) is 20.1. The maximum Gasteiger partial charge on any atom is 0.407 e. The molecule has 362 valence electrons. The molecule has 0 unspecified atom stereocenters. The number of hydrogen-bond donors (Lipinski definition) is 7. The van der Waals surface area contributed by atoms with Crippen molar-refractivity contribution in [1.29, 1.82) is 0 Å². The first-order valence-corrected chi connectivity index (χ1v) is 22.6. The molecule has 0 aromatic heterocycles. The SMILES string of the molecule is CC(C)CCCC(=O)N[C@@H](C(=O)N[C@H](C(=O)N[C@H](C(=O)N[C@@H](C(=O)N1CCC[C@@H]1C(=O)N[C@@H](CCCNC(=O)OC(C)(C)C)C(=O)O)C(C)C)C(C)C)[C@@H](C)OC(C)(C)C)C(C)C. The van der Waals surface area contributed by atoms with Crippen molar-refractivity contribution >= 4 is 47.5 Å². The van der Waals surface area contributed by atoms with E-state index in [1.807, 2.05) is 0 Å². The zero-order valence-corrected chi connectivity index (χ0v) is 40.7. The van der Waals surface area contributed by atoms with Crippen molar-refractivity contribution in [3.8, 4) is 0 Å². The molecule has 18 heteroatoms. The van der Waals surface area contributed by atoms with Crippen LogP contribution in [-0.2, 0) is 43.0 Å². The molecule has 0 aromatic rings. The quantitative estimate of drug-likeness (QED) is 0.0687. The van der Waals surface area contributed by atoms with E-state index in [1.54, 1.807) is 90.0 Å². The van der Waals surface area contributed by atoms with Crippen LogP contribution in [0.1, 0.15) is 149 Å². The normalized spacial score (nSPS) is 17.3. The third-order valence-electron chi connectivity index (χ3n) is 10.3. The van der Waals surface area contributed by atoms with Gasteiger partial charge in [-0.2, -0.15) is 0 Å². The van der Waals surface area contributed by atoms with E-state index in [0.29, 0.717) is 18.8 Å². The summed E-state index contributed by atoms with van der Waals surface area (Å²) in [7, 11) is 0. The Hall–Kier alpha value is -4.48. The van der Waals surface area contributed by atoms with Crippen LogP contribution >= 0.6 is 0 Å². The molecule has 1 rings (SSSR count). The largest absolute Gasteiger partial charge is 0.480 e. The van der Waals surface area contributed by atoms with Crippen molar-refractivity contribution in [2.75, 3.05) is 13.1 Å². The lowest BCUT2D eigenvalue weighted by molar-refractivity contribution is -0.145. The molecule has 0 radical (unpaired) electrons. The number of carbonyl (C=O) groups excluding carboxylic acids is 7. The number of carboxylic acid groups (broad SMARTS) is 1. The number of nitrogens with one attached hydrogen (secondary N) is 6. The second kappa shape index (κ2) is 25.7. The van der Waals surface area contributed by atoms with Crippen LogP contribution in [-0.4, -0.2) is 124 Å². The predicted octanol–water partition coefficient (Wildman–Crippen LogP) is 3.79. The van der Waals surface area contributed by atoms with Crippen LogP contribution in [0.5, 0.6) is 0 Å². The van der Waals surface area contributed by atoms with Crippen molar-refractivity contribution in [3.63, 3.8) is 0 Å². The summed E-state index contributed by atoms with van der Waals surface area (Å²) in [5, 5.41) is 26.1. The highest BCUT2D eigenvalue weighted by atomic mass is 16.6. The van der Waals surface area contributed by atoms with Crippen molar-refractivity contribution in [2.45, 2.75) is 202 Å². The Kier molecular flexibility index (Phi) is 23.1. The van der Waals surface area contributed by atoms with E-state index < -0.39 is 107 Å². The average molecular weight is 896 g/mol. The number of rotatable bonds is 24. The number of ether oxygens (including phenoxy) is 2. The van der Waals surface area contributed by atoms with E-state index >= 15 is 0 Å². The van der Waals surface area contributed by atoms with Gasteiger partial charge in [0.25, 0.3) is 0 Å². The Balaban J connectivity index is 3.21. The molecule has 1 aliphatic rings. The minimum atomic E-state index is -1.29. The fourth-order valence-electron chi connectivity index (χ4n) is 7.07. The molecule has 7 atom stereocenters. The summed E-state index contributed by atoms with van der Waals surface area (Å²) in [6, 6.07) is -6.80. The lowest BCUT2D eigenvalue weighted by atomic mass is 9.98. The van der Waals surface area contributed by atoms with Gasteiger partial charge >= 0.3 is 12.1 Å². The Bertz CT molecular complexity index is 1550. The van der Waals surface area contributed by atoms with Gasteiger partial charge in [-0.25, -0.2) is 9.59 Å². The fraction of sp³-hybridized carbons (Fsp3) is 0.822. The number of carbonyl (C=O) groups is 8. The van der Waals surface area contributed by atoms with E-state index in [1.165, 1.54) is 4.90 Å². The monoisotopic (exact) mass is 896 g/mol. The topological polar surface area (TPSA) is 251 Å². The molecule has 0 spiro atoms. The molecule has 0 bridgehead atoms. The van der Waals surface area contributed by atoms with Crippen LogP contribution in [0.3, 0.4) is 0 Å². The van der Waals surface area contributed by atoms with Gasteiger partial charge in [-0.3, -0.25) is 28.8 Å². The first-order valence-electron chi connectivity index (χ1n) is 22.6. The highest BCUT2D eigenvalue weighted by Gasteiger charge is 2.42. The molecule has 1 saturated heterocycles. The predicted molar refractivity (Wildman–Crippen MR) is 239 cm³/mol. The summed E-state index contributed by atoms with van der Waals surface area (Å²) >= 11 is 0. The number of aliphatic carboxylic acids is 1. The number of carboxylic acids is 1. The molecule has 18 nitrogen and oxygen atoms in total. The lowest BCUT2D eigenvalue weighted by Crippen LogP contribution is -2.63. The summed E-state index contributed by atoms with van der Waals surface area (Å²) in [6.45, 7) is 27.1. The molecular formula is C45H81N7O11. The van der Waals surface area contributed by atoms with Crippen LogP contribution < -0.4 is 31.9 Å². The number of alkyl carbamates (subject to hydrolysis) is 1. The molecule has 1 fully saturated rings. The number of likely N-dealkylation sites (tertiary alicyclic amines) is 1. The molecular weight excluding hydrogens is 815 g/mol. The standard InChI is InChI=1S/C45H81N7O11/c1-25(2)19-16-22-32(53)48-33(26(3)4)38(55)51-36(29(9)62-44(10,11)12)40(57)49-34(27(5)6)39(56)50-35(28(7)8)41(58)52-24-18-21-31(52)37(54)47-30(42(59)60)20-17-23-46-43(61)63-45(13,14)15/h25-31,33-36H,16-24H2,1-15H3,(H,46,61)(H,47,54)(H,48,53)(H,49,57)(H,50,56)(H,51,55)(H,59,60)/t29-,30+,31-,33-,34+,35-,36+/m1/s1. The fourth-order valence-corrected chi connectivity index (χ4v) is 7.07. The molecule has 63 heavy (non-hydrogen) atoms. The minimum absolute atomic E-state index is 0.00358. The third kappa shape index (κ3) is 20.7. The van der Waals surface area contributed by atoms with Crippen molar-refractivity contribution in [3.05, 3.63) is 0 Å². The number of amides is 7. The van der Waals surface area contributed by atoms with E-state index in [2.05, 4.69) is 45.7 Å². The van der Waals surface area contributed by atoms with E-state index in [9.17, 15) is 43.5 Å².